The van der Waals surface area contributed by atoms with Gasteiger partial charge in [0.25, 0.3) is 0 Å². The third-order valence-corrected chi connectivity index (χ3v) is 5.04. The number of halogens is 4. The number of rotatable bonds is 5. The largest absolute Gasteiger partial charge is 0.416 e. The highest BCUT2D eigenvalue weighted by Crippen LogP contribution is 2.51. The molecule has 4 nitrogen and oxygen atoms in total. The maximum atomic E-state index is 13.2. The highest BCUT2D eigenvalue weighted by Gasteiger charge is 2.48. The van der Waals surface area contributed by atoms with Crippen LogP contribution in [0.4, 0.5) is 13.2 Å². The van der Waals surface area contributed by atoms with E-state index in [1.54, 1.807) is 24.3 Å². The van der Waals surface area contributed by atoms with Crippen molar-refractivity contribution in [3.63, 3.8) is 0 Å². The van der Waals surface area contributed by atoms with Gasteiger partial charge in [-0.1, -0.05) is 46.3 Å². The number of carbonyl (C=O) groups is 2. The van der Waals surface area contributed by atoms with Crippen LogP contribution in [0.3, 0.4) is 0 Å². The second kappa shape index (κ2) is 7.34. The number of benzene rings is 2. The van der Waals surface area contributed by atoms with E-state index in [-0.39, 0.29) is 5.56 Å². The van der Waals surface area contributed by atoms with Gasteiger partial charge in [-0.3, -0.25) is 9.59 Å². The van der Waals surface area contributed by atoms with Crippen LogP contribution in [0.5, 0.6) is 0 Å². The van der Waals surface area contributed by atoms with Crippen molar-refractivity contribution in [1.29, 1.82) is 0 Å². The van der Waals surface area contributed by atoms with Gasteiger partial charge < -0.3 is 11.1 Å². The first-order valence-electron chi connectivity index (χ1n) is 8.19. The molecule has 0 heterocycles. The minimum Gasteiger partial charge on any atom is -0.368 e. The van der Waals surface area contributed by atoms with E-state index in [0.717, 1.165) is 6.07 Å². The fourth-order valence-electron chi connectivity index (χ4n) is 3.16. The fourth-order valence-corrected chi connectivity index (χ4v) is 3.58. The standard InChI is InChI=1S/C19H16BrF3N2O2/c20-11-5-3-4-10(8-11)16(17(24)26)25-18(27)14-9-13(14)12-6-1-2-7-15(12)19(21,22)23/h1-8,13-14,16H,9H2,(H2,24,26)(H,25,27)/t13-,14-,16+/m0/s1. The summed E-state index contributed by atoms with van der Waals surface area (Å²) < 4.78 is 40.2. The molecule has 1 fully saturated rings. The van der Waals surface area contributed by atoms with Crippen LogP contribution in [0.2, 0.25) is 0 Å². The van der Waals surface area contributed by atoms with Gasteiger partial charge in [0.1, 0.15) is 6.04 Å². The van der Waals surface area contributed by atoms with E-state index in [0.29, 0.717) is 16.5 Å². The second-order valence-corrected chi connectivity index (χ2v) is 7.35. The Balaban J connectivity index is 1.76. The van der Waals surface area contributed by atoms with Crippen molar-refractivity contribution in [3.05, 3.63) is 69.7 Å². The molecule has 1 aliphatic rings. The summed E-state index contributed by atoms with van der Waals surface area (Å²) in [5.74, 6) is -2.38. The maximum Gasteiger partial charge on any atom is 0.416 e. The van der Waals surface area contributed by atoms with E-state index in [1.807, 2.05) is 0 Å². The summed E-state index contributed by atoms with van der Waals surface area (Å²) in [5, 5.41) is 2.56. The Morgan fingerprint density at radius 3 is 2.48 bits per heavy atom. The summed E-state index contributed by atoms with van der Waals surface area (Å²) in [4.78, 5) is 24.3. The smallest absolute Gasteiger partial charge is 0.368 e. The zero-order valence-electron chi connectivity index (χ0n) is 14.0. The first-order chi connectivity index (χ1) is 12.7. The third-order valence-electron chi connectivity index (χ3n) is 4.55. The Hall–Kier alpha value is -2.35. The number of alkyl halides is 3. The summed E-state index contributed by atoms with van der Waals surface area (Å²) in [7, 11) is 0. The second-order valence-electron chi connectivity index (χ2n) is 6.43. The van der Waals surface area contributed by atoms with E-state index in [2.05, 4.69) is 21.2 Å². The van der Waals surface area contributed by atoms with Crippen LogP contribution in [-0.4, -0.2) is 11.8 Å². The van der Waals surface area contributed by atoms with Crippen LogP contribution in [0.25, 0.3) is 0 Å². The molecule has 0 radical (unpaired) electrons. The SMILES string of the molecule is NC(=O)[C@H](NC(=O)[C@H]1C[C@H]1c1ccccc1C(F)(F)F)c1cccc(Br)c1. The van der Waals surface area contributed by atoms with Crippen LogP contribution in [0, 0.1) is 5.92 Å². The molecule has 8 heteroatoms. The molecule has 27 heavy (non-hydrogen) atoms. The first kappa shape index (κ1) is 19.4. The number of primary amides is 1. The van der Waals surface area contributed by atoms with Gasteiger partial charge in [0.2, 0.25) is 11.8 Å². The number of amides is 2. The number of nitrogens with two attached hydrogens (primary N) is 1. The Morgan fingerprint density at radius 1 is 1.15 bits per heavy atom. The molecule has 2 aromatic rings. The van der Waals surface area contributed by atoms with E-state index < -0.39 is 41.4 Å². The molecular formula is C19H16BrF3N2O2. The topological polar surface area (TPSA) is 72.2 Å². The molecule has 3 rings (SSSR count). The van der Waals surface area contributed by atoms with Crippen LogP contribution >= 0.6 is 15.9 Å². The lowest BCUT2D eigenvalue weighted by molar-refractivity contribution is -0.138. The highest BCUT2D eigenvalue weighted by molar-refractivity contribution is 9.10. The molecule has 0 spiro atoms. The van der Waals surface area contributed by atoms with E-state index in [1.165, 1.54) is 18.2 Å². The Morgan fingerprint density at radius 2 is 1.85 bits per heavy atom. The number of nitrogens with one attached hydrogen (secondary N) is 1. The normalized spacial score (nSPS) is 20.0. The van der Waals surface area contributed by atoms with Crippen molar-refractivity contribution in [2.45, 2.75) is 24.6 Å². The monoisotopic (exact) mass is 440 g/mol. The first-order valence-corrected chi connectivity index (χ1v) is 8.99. The molecule has 0 aliphatic heterocycles. The van der Waals surface area contributed by atoms with Crippen LogP contribution in [0.1, 0.15) is 35.1 Å². The average molecular weight is 441 g/mol. The maximum absolute atomic E-state index is 13.2. The minimum atomic E-state index is -4.48. The quantitative estimate of drug-likeness (QED) is 0.739. The zero-order chi connectivity index (χ0) is 19.8. The van der Waals surface area contributed by atoms with Gasteiger partial charge in [0.05, 0.1) is 5.56 Å². The Kier molecular flexibility index (Phi) is 5.28. The summed E-state index contributed by atoms with van der Waals surface area (Å²) in [6.07, 6.45) is -4.19. The molecular weight excluding hydrogens is 425 g/mol. The number of carbonyl (C=O) groups excluding carboxylic acids is 2. The van der Waals surface area contributed by atoms with Gasteiger partial charge in [0.15, 0.2) is 0 Å². The molecule has 3 atom stereocenters. The average Bonchev–Trinajstić information content (AvgIpc) is 3.39. The van der Waals surface area contributed by atoms with Crippen molar-refractivity contribution in [2.75, 3.05) is 0 Å². The molecule has 0 bridgehead atoms. The van der Waals surface area contributed by atoms with Crippen molar-refractivity contribution in [3.8, 4) is 0 Å². The molecule has 3 N–H and O–H groups in total. The van der Waals surface area contributed by atoms with E-state index >= 15 is 0 Å². The van der Waals surface area contributed by atoms with E-state index in [9.17, 15) is 22.8 Å². The molecule has 142 valence electrons. The van der Waals surface area contributed by atoms with Crippen LogP contribution in [0.15, 0.2) is 53.0 Å². The predicted octanol–water partition coefficient (Wildman–Crippen LogP) is 3.91. The lowest BCUT2D eigenvalue weighted by Crippen LogP contribution is -2.38. The van der Waals surface area contributed by atoms with Crippen molar-refractivity contribution in [2.24, 2.45) is 11.7 Å². The van der Waals surface area contributed by atoms with E-state index in [4.69, 9.17) is 5.73 Å². The molecule has 1 aliphatic carbocycles. The van der Waals surface area contributed by atoms with Crippen LogP contribution in [-0.2, 0) is 15.8 Å². The van der Waals surface area contributed by atoms with Crippen LogP contribution < -0.4 is 11.1 Å². The molecule has 0 unspecified atom stereocenters. The lowest BCUT2D eigenvalue weighted by Gasteiger charge is -2.17. The fraction of sp³-hybridized carbons (Fsp3) is 0.263. The minimum absolute atomic E-state index is 0.100. The number of hydrogen-bond donors (Lipinski definition) is 2. The Bertz CT molecular complexity index is 885. The van der Waals surface area contributed by atoms with Crippen molar-refractivity contribution < 1.29 is 22.8 Å². The molecule has 1 saturated carbocycles. The molecule has 2 amide bonds. The van der Waals surface area contributed by atoms with Gasteiger partial charge in [-0.25, -0.2) is 0 Å². The summed E-state index contributed by atoms with van der Waals surface area (Å²) in [5.41, 5.74) is 5.26. The summed E-state index contributed by atoms with van der Waals surface area (Å²) in [6, 6.07) is 10.9. The summed E-state index contributed by atoms with van der Waals surface area (Å²) >= 11 is 3.28. The highest BCUT2D eigenvalue weighted by atomic mass is 79.9. The third kappa shape index (κ3) is 4.32. The molecule has 0 saturated heterocycles. The molecule has 0 aromatic heterocycles. The van der Waals surface area contributed by atoms with Gasteiger partial charge in [-0.05, 0) is 41.7 Å². The Labute approximate surface area is 162 Å². The van der Waals surface area contributed by atoms with Gasteiger partial charge in [0, 0.05) is 10.4 Å². The number of hydrogen-bond acceptors (Lipinski definition) is 2. The lowest BCUT2D eigenvalue weighted by atomic mass is 10.0. The van der Waals surface area contributed by atoms with Gasteiger partial charge in [-0.2, -0.15) is 13.2 Å². The predicted molar refractivity (Wildman–Crippen MR) is 96.5 cm³/mol. The van der Waals surface area contributed by atoms with Gasteiger partial charge in [-0.15, -0.1) is 0 Å². The molecule has 2 aromatic carbocycles. The van der Waals surface area contributed by atoms with Gasteiger partial charge >= 0.3 is 6.18 Å². The summed E-state index contributed by atoms with van der Waals surface area (Å²) in [6.45, 7) is 0. The van der Waals surface area contributed by atoms with Crippen molar-refractivity contribution in [1.82, 2.24) is 5.32 Å². The van der Waals surface area contributed by atoms with Crippen molar-refractivity contribution >= 4 is 27.7 Å². The zero-order valence-corrected chi connectivity index (χ0v) is 15.5.